The Bertz CT molecular complexity index is 248. The van der Waals surface area contributed by atoms with Crippen molar-refractivity contribution >= 4 is 0 Å². The van der Waals surface area contributed by atoms with Crippen LogP contribution in [0.2, 0.25) is 0 Å². The van der Waals surface area contributed by atoms with Gasteiger partial charge in [0, 0.05) is 32.2 Å². The van der Waals surface area contributed by atoms with Gasteiger partial charge in [0.25, 0.3) is 0 Å². The molecular formula is C21H50N4. The van der Waals surface area contributed by atoms with Gasteiger partial charge in [-0.1, -0.05) is 34.6 Å². The summed E-state index contributed by atoms with van der Waals surface area (Å²) in [4.78, 5) is 10.1. The molecule has 0 saturated carbocycles. The molecule has 1 aliphatic rings. The summed E-state index contributed by atoms with van der Waals surface area (Å²) in [5.41, 5.74) is 0. The summed E-state index contributed by atoms with van der Waals surface area (Å²) in [5.74, 6) is 0. The van der Waals surface area contributed by atoms with Crippen molar-refractivity contribution in [2.24, 2.45) is 0 Å². The van der Waals surface area contributed by atoms with Gasteiger partial charge in [-0.2, -0.15) is 0 Å². The van der Waals surface area contributed by atoms with Crippen molar-refractivity contribution < 1.29 is 0 Å². The van der Waals surface area contributed by atoms with Gasteiger partial charge in [0.2, 0.25) is 0 Å². The Kier molecular flexibility index (Phi) is 20.2. The molecule has 25 heavy (non-hydrogen) atoms. The maximum absolute atomic E-state index is 2.65. The minimum absolute atomic E-state index is 0.684. The molecule has 1 heterocycles. The van der Waals surface area contributed by atoms with Gasteiger partial charge in [-0.25, -0.2) is 0 Å². The van der Waals surface area contributed by atoms with Gasteiger partial charge < -0.3 is 19.6 Å². The third-order valence-corrected chi connectivity index (χ3v) is 4.60. The van der Waals surface area contributed by atoms with Crippen molar-refractivity contribution in [3.8, 4) is 0 Å². The monoisotopic (exact) mass is 358 g/mol. The van der Waals surface area contributed by atoms with E-state index in [0.717, 1.165) is 0 Å². The van der Waals surface area contributed by atoms with E-state index in [4.69, 9.17) is 0 Å². The van der Waals surface area contributed by atoms with Gasteiger partial charge in [-0.05, 0) is 73.5 Å². The van der Waals surface area contributed by atoms with Gasteiger partial charge >= 0.3 is 0 Å². The number of rotatable bonds is 10. The Morgan fingerprint density at radius 2 is 1.16 bits per heavy atom. The van der Waals surface area contributed by atoms with E-state index in [9.17, 15) is 0 Å². The van der Waals surface area contributed by atoms with E-state index in [1.54, 1.807) is 0 Å². The number of nitrogens with zero attached hydrogens (tertiary/aromatic N) is 4. The van der Waals surface area contributed by atoms with Crippen LogP contribution >= 0.6 is 0 Å². The molecular weight excluding hydrogens is 308 g/mol. The summed E-state index contributed by atoms with van der Waals surface area (Å²) in [6.07, 6.45) is 2.61. The van der Waals surface area contributed by atoms with Crippen LogP contribution in [0.5, 0.6) is 0 Å². The van der Waals surface area contributed by atoms with Gasteiger partial charge in [-0.15, -0.1) is 0 Å². The molecule has 1 fully saturated rings. The van der Waals surface area contributed by atoms with Crippen molar-refractivity contribution in [3.05, 3.63) is 0 Å². The normalized spacial score (nSPS) is 15.8. The second-order valence-electron chi connectivity index (χ2n) is 6.92. The zero-order valence-electron chi connectivity index (χ0n) is 19.1. The lowest BCUT2D eigenvalue weighted by atomic mass is 10.2. The highest BCUT2D eigenvalue weighted by Crippen LogP contribution is 2.05. The van der Waals surface area contributed by atoms with Crippen molar-refractivity contribution in [2.75, 3.05) is 73.0 Å². The molecule has 1 rings (SSSR count). The minimum atomic E-state index is 0.684. The van der Waals surface area contributed by atoms with Crippen LogP contribution in [-0.4, -0.2) is 98.6 Å². The molecule has 154 valence electrons. The minimum Gasteiger partial charge on any atom is -0.309 e. The van der Waals surface area contributed by atoms with Crippen LogP contribution in [0.25, 0.3) is 0 Å². The SMILES string of the molecule is CC.CC.CCN(CCCN1CCN(CCCN(C)C)CC1)C(C)C. The summed E-state index contributed by atoms with van der Waals surface area (Å²) < 4.78 is 0. The van der Waals surface area contributed by atoms with Crippen LogP contribution in [0.3, 0.4) is 0 Å². The van der Waals surface area contributed by atoms with E-state index in [-0.39, 0.29) is 0 Å². The van der Waals surface area contributed by atoms with E-state index >= 15 is 0 Å². The smallest absolute Gasteiger partial charge is 0.0110 e. The average Bonchev–Trinajstić information content (AvgIpc) is 2.63. The first-order valence-corrected chi connectivity index (χ1v) is 10.9. The zero-order chi connectivity index (χ0) is 19.7. The standard InChI is InChI=1S/C17H38N4.2C2H6/c1-6-21(17(2)3)12-8-11-20-15-13-19(14-16-20)10-7-9-18(4)5;2*1-2/h17H,6-16H2,1-5H3;2*1-2H3. The summed E-state index contributed by atoms with van der Waals surface area (Å²) in [7, 11) is 4.32. The molecule has 0 radical (unpaired) electrons. The lowest BCUT2D eigenvalue weighted by molar-refractivity contribution is 0.121. The first-order valence-electron chi connectivity index (χ1n) is 10.9. The molecule has 0 bridgehead atoms. The second kappa shape index (κ2) is 18.6. The number of piperazine rings is 1. The van der Waals surface area contributed by atoms with Gasteiger partial charge in [0.15, 0.2) is 0 Å². The van der Waals surface area contributed by atoms with E-state index < -0.39 is 0 Å². The number of hydrogen-bond acceptors (Lipinski definition) is 4. The summed E-state index contributed by atoms with van der Waals surface area (Å²) in [6.45, 7) is 26.1. The van der Waals surface area contributed by atoms with E-state index in [0.29, 0.717) is 6.04 Å². The highest BCUT2D eigenvalue weighted by atomic mass is 15.3. The predicted octanol–water partition coefficient (Wildman–Crippen LogP) is 3.73. The van der Waals surface area contributed by atoms with Crippen LogP contribution in [0.1, 0.15) is 61.3 Å². The third-order valence-electron chi connectivity index (χ3n) is 4.60. The largest absolute Gasteiger partial charge is 0.309 e. The van der Waals surface area contributed by atoms with E-state index in [1.165, 1.54) is 71.7 Å². The molecule has 1 aliphatic heterocycles. The molecule has 0 N–H and O–H groups in total. The molecule has 0 atom stereocenters. The average molecular weight is 359 g/mol. The van der Waals surface area contributed by atoms with Crippen LogP contribution in [0.4, 0.5) is 0 Å². The summed E-state index contributed by atoms with van der Waals surface area (Å²) in [5, 5.41) is 0. The lowest BCUT2D eigenvalue weighted by Crippen LogP contribution is -2.47. The van der Waals surface area contributed by atoms with Crippen molar-refractivity contribution in [2.45, 2.75) is 67.3 Å². The summed E-state index contributed by atoms with van der Waals surface area (Å²) in [6, 6.07) is 0.684. The molecule has 0 spiro atoms. The van der Waals surface area contributed by atoms with Crippen molar-refractivity contribution in [1.82, 2.24) is 19.6 Å². The maximum atomic E-state index is 2.65. The van der Waals surface area contributed by atoms with E-state index in [1.807, 2.05) is 27.7 Å². The Morgan fingerprint density at radius 1 is 0.760 bits per heavy atom. The first kappa shape index (κ1) is 27.1. The fraction of sp³-hybridized carbons (Fsp3) is 1.00. The molecule has 0 aromatic rings. The van der Waals surface area contributed by atoms with Crippen LogP contribution in [0.15, 0.2) is 0 Å². The highest BCUT2D eigenvalue weighted by Gasteiger charge is 2.16. The highest BCUT2D eigenvalue weighted by molar-refractivity contribution is 4.73. The van der Waals surface area contributed by atoms with Crippen LogP contribution in [-0.2, 0) is 0 Å². The van der Waals surface area contributed by atoms with Crippen LogP contribution in [0, 0.1) is 0 Å². The summed E-state index contributed by atoms with van der Waals surface area (Å²) >= 11 is 0. The Morgan fingerprint density at radius 3 is 1.48 bits per heavy atom. The third kappa shape index (κ3) is 14.7. The maximum Gasteiger partial charge on any atom is 0.0110 e. The number of hydrogen-bond donors (Lipinski definition) is 0. The Labute approximate surface area is 160 Å². The van der Waals surface area contributed by atoms with Crippen LogP contribution < -0.4 is 0 Å². The second-order valence-corrected chi connectivity index (χ2v) is 6.92. The zero-order valence-corrected chi connectivity index (χ0v) is 19.1. The fourth-order valence-electron chi connectivity index (χ4n) is 3.13. The predicted molar refractivity (Wildman–Crippen MR) is 116 cm³/mol. The van der Waals surface area contributed by atoms with Crippen molar-refractivity contribution in [3.63, 3.8) is 0 Å². The molecule has 0 amide bonds. The Balaban J connectivity index is 0. The first-order chi connectivity index (χ1) is 12.0. The van der Waals surface area contributed by atoms with Gasteiger partial charge in [0.1, 0.15) is 0 Å². The Hall–Kier alpha value is -0.160. The molecule has 0 aromatic heterocycles. The molecule has 0 unspecified atom stereocenters. The lowest BCUT2D eigenvalue weighted by Gasteiger charge is -2.35. The van der Waals surface area contributed by atoms with Gasteiger partial charge in [-0.3, -0.25) is 0 Å². The molecule has 4 heteroatoms. The fourth-order valence-corrected chi connectivity index (χ4v) is 3.13. The van der Waals surface area contributed by atoms with Gasteiger partial charge in [0.05, 0.1) is 0 Å². The molecule has 0 aromatic carbocycles. The molecule has 1 saturated heterocycles. The molecule has 0 aliphatic carbocycles. The molecule has 4 nitrogen and oxygen atoms in total. The topological polar surface area (TPSA) is 13.0 Å². The van der Waals surface area contributed by atoms with Crippen molar-refractivity contribution in [1.29, 1.82) is 0 Å². The van der Waals surface area contributed by atoms with E-state index in [2.05, 4.69) is 54.5 Å². The quantitative estimate of drug-likeness (QED) is 0.590.